The van der Waals surface area contributed by atoms with Crippen molar-refractivity contribution >= 4 is 0 Å². The van der Waals surface area contributed by atoms with Crippen molar-refractivity contribution in [2.75, 3.05) is 0 Å². The molecule has 126 valence electrons. The smallest absolute Gasteiger partial charge is 0.113 e. The quantitative estimate of drug-likeness (QED) is 0.696. The largest absolute Gasteiger partial charge is 0.330 e. The molecule has 0 radical (unpaired) electrons. The van der Waals surface area contributed by atoms with E-state index in [-0.39, 0.29) is 5.41 Å². The van der Waals surface area contributed by atoms with Crippen LogP contribution in [0.15, 0.2) is 60.9 Å². The van der Waals surface area contributed by atoms with Gasteiger partial charge in [0.05, 0.1) is 18.2 Å². The lowest BCUT2D eigenvalue weighted by Crippen LogP contribution is -2.11. The van der Waals surface area contributed by atoms with Crippen LogP contribution in [0.1, 0.15) is 48.8 Å². The zero-order valence-electron chi connectivity index (χ0n) is 15.0. The molecule has 25 heavy (non-hydrogen) atoms. The van der Waals surface area contributed by atoms with Crippen molar-refractivity contribution in [3.05, 3.63) is 89.0 Å². The normalized spacial score (nSPS) is 11.3. The van der Waals surface area contributed by atoms with E-state index >= 15 is 0 Å². The molecule has 1 aromatic heterocycles. The molecule has 0 saturated heterocycles. The highest BCUT2D eigenvalue weighted by molar-refractivity contribution is 5.37. The van der Waals surface area contributed by atoms with Gasteiger partial charge in [-0.05, 0) is 28.2 Å². The minimum Gasteiger partial charge on any atom is -0.330 e. The summed E-state index contributed by atoms with van der Waals surface area (Å²) in [6.07, 6.45) is 4.59. The summed E-state index contributed by atoms with van der Waals surface area (Å²) < 4.78 is 2.12. The van der Waals surface area contributed by atoms with E-state index in [4.69, 9.17) is 0 Å². The summed E-state index contributed by atoms with van der Waals surface area (Å²) in [7, 11) is 0. The van der Waals surface area contributed by atoms with Gasteiger partial charge in [-0.2, -0.15) is 5.26 Å². The van der Waals surface area contributed by atoms with Crippen LogP contribution in [-0.4, -0.2) is 9.55 Å². The lowest BCUT2D eigenvalue weighted by atomic mass is 9.86. The maximum atomic E-state index is 9.27. The zero-order chi connectivity index (χ0) is 17.9. The molecule has 0 saturated carbocycles. The van der Waals surface area contributed by atoms with Crippen LogP contribution in [0.5, 0.6) is 0 Å². The lowest BCUT2D eigenvalue weighted by molar-refractivity contribution is 0.590. The Kier molecular flexibility index (Phi) is 4.72. The molecule has 0 N–H and O–H groups in total. The van der Waals surface area contributed by atoms with Gasteiger partial charge >= 0.3 is 0 Å². The highest BCUT2D eigenvalue weighted by Crippen LogP contribution is 2.23. The number of aromatic nitrogens is 2. The van der Waals surface area contributed by atoms with Crippen LogP contribution >= 0.6 is 0 Å². The SMILES string of the molecule is CC(C)(C)c1ccc(Cc2nccn2Cc2ccccc2C#N)cc1. The summed E-state index contributed by atoms with van der Waals surface area (Å²) in [6.45, 7) is 7.34. The number of imidazole rings is 1. The Morgan fingerprint density at radius 2 is 1.76 bits per heavy atom. The molecule has 0 aliphatic heterocycles. The van der Waals surface area contributed by atoms with Gasteiger partial charge in [0.25, 0.3) is 0 Å². The topological polar surface area (TPSA) is 41.6 Å². The lowest BCUT2D eigenvalue weighted by Gasteiger charge is -2.19. The fourth-order valence-electron chi connectivity index (χ4n) is 2.91. The van der Waals surface area contributed by atoms with Crippen LogP contribution in [0.25, 0.3) is 0 Å². The number of hydrogen-bond acceptors (Lipinski definition) is 2. The van der Waals surface area contributed by atoms with E-state index in [1.807, 2.05) is 36.7 Å². The second-order valence-electron chi connectivity index (χ2n) is 7.36. The van der Waals surface area contributed by atoms with E-state index in [1.165, 1.54) is 11.1 Å². The van der Waals surface area contributed by atoms with Gasteiger partial charge in [-0.3, -0.25) is 0 Å². The van der Waals surface area contributed by atoms with Crippen LogP contribution in [0, 0.1) is 11.3 Å². The highest BCUT2D eigenvalue weighted by Gasteiger charge is 2.13. The number of hydrogen-bond donors (Lipinski definition) is 0. The predicted molar refractivity (Wildman–Crippen MR) is 100 cm³/mol. The molecule has 0 aliphatic rings. The Hall–Kier alpha value is -2.86. The second-order valence-corrected chi connectivity index (χ2v) is 7.36. The summed E-state index contributed by atoms with van der Waals surface area (Å²) in [4.78, 5) is 4.51. The molecule has 0 amide bonds. The van der Waals surface area contributed by atoms with Crippen LogP contribution in [-0.2, 0) is 18.4 Å². The molecule has 3 rings (SSSR count). The first kappa shape index (κ1) is 17.0. The standard InChI is InChI=1S/C22H23N3/c1-22(2,3)20-10-8-17(9-11-20)14-21-24-12-13-25(21)16-19-7-5-4-6-18(19)15-23/h4-13H,14,16H2,1-3H3. The van der Waals surface area contributed by atoms with Crippen molar-refractivity contribution in [3.8, 4) is 6.07 Å². The number of nitriles is 1. The monoisotopic (exact) mass is 329 g/mol. The number of benzene rings is 2. The fraction of sp³-hybridized carbons (Fsp3) is 0.273. The highest BCUT2D eigenvalue weighted by atomic mass is 15.1. The first-order chi connectivity index (χ1) is 12.0. The molecule has 0 unspecified atom stereocenters. The summed E-state index contributed by atoms with van der Waals surface area (Å²) in [5, 5.41) is 9.27. The zero-order valence-corrected chi connectivity index (χ0v) is 15.0. The molecule has 3 nitrogen and oxygen atoms in total. The molecule has 2 aromatic carbocycles. The van der Waals surface area contributed by atoms with Crippen molar-refractivity contribution in [3.63, 3.8) is 0 Å². The summed E-state index contributed by atoms with van der Waals surface area (Å²) in [5.74, 6) is 1.01. The van der Waals surface area contributed by atoms with Crippen molar-refractivity contribution in [2.45, 2.75) is 39.2 Å². The molecule has 0 bridgehead atoms. The summed E-state index contributed by atoms with van der Waals surface area (Å²) in [6, 6.07) is 18.8. The average molecular weight is 329 g/mol. The number of rotatable bonds is 4. The molecule has 1 heterocycles. The van der Waals surface area contributed by atoms with Gasteiger partial charge in [-0.15, -0.1) is 0 Å². The molecule has 0 aliphatic carbocycles. The van der Waals surface area contributed by atoms with Crippen LogP contribution in [0.4, 0.5) is 0 Å². The van der Waals surface area contributed by atoms with E-state index in [9.17, 15) is 5.26 Å². The maximum Gasteiger partial charge on any atom is 0.113 e. The third kappa shape index (κ3) is 3.97. The van der Waals surface area contributed by atoms with Gasteiger partial charge in [0.15, 0.2) is 0 Å². The Morgan fingerprint density at radius 1 is 1.04 bits per heavy atom. The molecule has 0 atom stereocenters. The summed E-state index contributed by atoms with van der Waals surface area (Å²) >= 11 is 0. The second kappa shape index (κ2) is 6.94. The molecule has 0 spiro atoms. The van der Waals surface area contributed by atoms with Crippen molar-refractivity contribution in [1.82, 2.24) is 9.55 Å². The van der Waals surface area contributed by atoms with E-state index in [0.717, 1.165) is 23.4 Å². The fourth-order valence-corrected chi connectivity index (χ4v) is 2.91. The minimum absolute atomic E-state index is 0.165. The van der Waals surface area contributed by atoms with Gasteiger partial charge in [0.2, 0.25) is 0 Å². The molecular weight excluding hydrogens is 306 g/mol. The van der Waals surface area contributed by atoms with Crippen LogP contribution in [0.3, 0.4) is 0 Å². The van der Waals surface area contributed by atoms with Gasteiger partial charge in [0, 0.05) is 18.8 Å². The van der Waals surface area contributed by atoms with Crippen molar-refractivity contribution in [2.24, 2.45) is 0 Å². The Balaban J connectivity index is 1.79. The van der Waals surface area contributed by atoms with Gasteiger partial charge in [-0.25, -0.2) is 4.98 Å². The van der Waals surface area contributed by atoms with Crippen molar-refractivity contribution in [1.29, 1.82) is 5.26 Å². The van der Waals surface area contributed by atoms with E-state index in [0.29, 0.717) is 6.54 Å². The van der Waals surface area contributed by atoms with E-state index in [1.54, 1.807) is 0 Å². The van der Waals surface area contributed by atoms with Crippen molar-refractivity contribution < 1.29 is 0 Å². The Labute approximate surface area is 149 Å². The molecule has 0 fully saturated rings. The molecule has 3 aromatic rings. The third-order valence-corrected chi connectivity index (χ3v) is 4.46. The Bertz CT molecular complexity index is 890. The first-order valence-corrected chi connectivity index (χ1v) is 8.55. The number of nitrogens with zero attached hydrogens (tertiary/aromatic N) is 3. The average Bonchev–Trinajstić information content (AvgIpc) is 3.02. The van der Waals surface area contributed by atoms with Crippen LogP contribution < -0.4 is 0 Å². The van der Waals surface area contributed by atoms with Gasteiger partial charge in [0.1, 0.15) is 5.82 Å². The van der Waals surface area contributed by atoms with Crippen LogP contribution in [0.2, 0.25) is 0 Å². The third-order valence-electron chi connectivity index (χ3n) is 4.46. The Morgan fingerprint density at radius 3 is 2.44 bits per heavy atom. The first-order valence-electron chi connectivity index (χ1n) is 8.55. The minimum atomic E-state index is 0.165. The summed E-state index contributed by atoms with van der Waals surface area (Å²) in [5.41, 5.74) is 4.48. The maximum absolute atomic E-state index is 9.27. The molecule has 3 heteroatoms. The van der Waals surface area contributed by atoms with Gasteiger partial charge in [-0.1, -0.05) is 63.2 Å². The van der Waals surface area contributed by atoms with E-state index < -0.39 is 0 Å². The van der Waals surface area contributed by atoms with Gasteiger partial charge < -0.3 is 4.57 Å². The molecular formula is C22H23N3. The van der Waals surface area contributed by atoms with E-state index in [2.05, 4.69) is 60.7 Å². The predicted octanol–water partition coefficient (Wildman–Crippen LogP) is 4.69.